The van der Waals surface area contributed by atoms with Crippen LogP contribution in [-0.2, 0) is 4.74 Å². The maximum atomic E-state index is 10.0. The molecule has 1 aliphatic heterocycles. The first-order valence-electron chi connectivity index (χ1n) is 8.07. The van der Waals surface area contributed by atoms with Crippen molar-refractivity contribution in [1.82, 2.24) is 14.9 Å². The molecule has 128 valence electrons. The van der Waals surface area contributed by atoms with Gasteiger partial charge in [-0.1, -0.05) is 12.1 Å². The van der Waals surface area contributed by atoms with Crippen molar-refractivity contribution < 1.29 is 9.84 Å². The SMILES string of the molecule is CN(CCN1CCOCC1)c1cc(-c2ccccc2O)nc(N)n1. The topological polar surface area (TPSA) is 87.7 Å². The van der Waals surface area contributed by atoms with Gasteiger partial charge in [-0.3, -0.25) is 4.90 Å². The first kappa shape index (κ1) is 16.5. The standard InChI is InChI=1S/C17H23N5O2/c1-21(6-7-22-8-10-24-11-9-22)16-12-14(19-17(18)20-16)13-4-2-3-5-15(13)23/h2-5,12,23H,6-11H2,1H3,(H2,18,19,20). The number of likely N-dealkylation sites (N-methyl/N-ethyl adjacent to an activating group) is 1. The van der Waals surface area contributed by atoms with Crippen molar-refractivity contribution in [2.75, 3.05) is 57.1 Å². The first-order valence-corrected chi connectivity index (χ1v) is 8.07. The number of aromatic hydroxyl groups is 1. The quantitative estimate of drug-likeness (QED) is 0.852. The number of nitrogen functional groups attached to an aromatic ring is 1. The monoisotopic (exact) mass is 329 g/mol. The van der Waals surface area contributed by atoms with Gasteiger partial charge in [0.1, 0.15) is 11.6 Å². The molecule has 0 amide bonds. The van der Waals surface area contributed by atoms with Gasteiger partial charge in [-0.05, 0) is 12.1 Å². The fraction of sp³-hybridized carbons (Fsp3) is 0.412. The number of phenols is 1. The summed E-state index contributed by atoms with van der Waals surface area (Å²) in [6.07, 6.45) is 0. The molecule has 0 bridgehead atoms. The van der Waals surface area contributed by atoms with Gasteiger partial charge in [0.05, 0.1) is 18.9 Å². The maximum Gasteiger partial charge on any atom is 0.222 e. The van der Waals surface area contributed by atoms with Crippen LogP contribution in [0.3, 0.4) is 0 Å². The Kier molecular flexibility index (Phi) is 5.12. The van der Waals surface area contributed by atoms with E-state index in [0.29, 0.717) is 11.3 Å². The first-order chi connectivity index (χ1) is 11.6. The molecule has 1 fully saturated rings. The third-order valence-corrected chi connectivity index (χ3v) is 4.16. The Morgan fingerprint density at radius 3 is 2.75 bits per heavy atom. The molecule has 1 aromatic carbocycles. The number of nitrogens with two attached hydrogens (primary N) is 1. The van der Waals surface area contributed by atoms with Crippen molar-refractivity contribution in [1.29, 1.82) is 0 Å². The molecule has 1 aromatic heterocycles. The van der Waals surface area contributed by atoms with Crippen LogP contribution in [0.1, 0.15) is 0 Å². The molecule has 0 atom stereocenters. The fourth-order valence-electron chi connectivity index (χ4n) is 2.71. The highest BCUT2D eigenvalue weighted by molar-refractivity contribution is 5.69. The van der Waals surface area contributed by atoms with E-state index < -0.39 is 0 Å². The minimum absolute atomic E-state index is 0.178. The summed E-state index contributed by atoms with van der Waals surface area (Å²) in [6, 6.07) is 8.93. The number of phenolic OH excluding ortho intramolecular Hbond substituents is 1. The highest BCUT2D eigenvalue weighted by Gasteiger charge is 2.14. The van der Waals surface area contributed by atoms with Crippen LogP contribution in [0, 0.1) is 0 Å². The van der Waals surface area contributed by atoms with E-state index in [0.717, 1.165) is 45.2 Å². The number of hydrogen-bond donors (Lipinski definition) is 2. The zero-order valence-electron chi connectivity index (χ0n) is 13.9. The van der Waals surface area contributed by atoms with Gasteiger partial charge < -0.3 is 20.5 Å². The number of morpholine rings is 1. The van der Waals surface area contributed by atoms with E-state index in [1.807, 2.05) is 25.2 Å². The minimum atomic E-state index is 0.178. The van der Waals surface area contributed by atoms with Crippen molar-refractivity contribution in [2.45, 2.75) is 0 Å². The van der Waals surface area contributed by atoms with Gasteiger partial charge in [-0.2, -0.15) is 4.98 Å². The molecule has 7 nitrogen and oxygen atoms in total. The van der Waals surface area contributed by atoms with Crippen LogP contribution in [0.5, 0.6) is 5.75 Å². The predicted octanol–water partition coefficient (Wildman–Crippen LogP) is 1.20. The summed E-state index contributed by atoms with van der Waals surface area (Å²) < 4.78 is 5.37. The Morgan fingerprint density at radius 1 is 1.25 bits per heavy atom. The van der Waals surface area contributed by atoms with E-state index >= 15 is 0 Å². The van der Waals surface area contributed by atoms with Gasteiger partial charge in [0.15, 0.2) is 0 Å². The molecular formula is C17H23N5O2. The number of rotatable bonds is 5. The molecule has 0 saturated carbocycles. The van der Waals surface area contributed by atoms with E-state index in [-0.39, 0.29) is 11.7 Å². The second kappa shape index (κ2) is 7.46. The third kappa shape index (κ3) is 3.93. The third-order valence-electron chi connectivity index (χ3n) is 4.16. The fourth-order valence-corrected chi connectivity index (χ4v) is 2.71. The van der Waals surface area contributed by atoms with Crippen molar-refractivity contribution in [3.05, 3.63) is 30.3 Å². The zero-order valence-corrected chi connectivity index (χ0v) is 13.9. The lowest BCUT2D eigenvalue weighted by Crippen LogP contribution is -2.40. The Bertz CT molecular complexity index is 688. The molecule has 1 saturated heterocycles. The van der Waals surface area contributed by atoms with E-state index in [2.05, 4.69) is 19.8 Å². The van der Waals surface area contributed by atoms with Crippen LogP contribution in [-0.4, -0.2) is 66.4 Å². The van der Waals surface area contributed by atoms with Crippen LogP contribution < -0.4 is 10.6 Å². The lowest BCUT2D eigenvalue weighted by atomic mass is 10.1. The molecule has 2 heterocycles. The summed E-state index contributed by atoms with van der Waals surface area (Å²) in [5.41, 5.74) is 7.13. The van der Waals surface area contributed by atoms with Crippen molar-refractivity contribution in [2.24, 2.45) is 0 Å². The second-order valence-corrected chi connectivity index (χ2v) is 5.86. The van der Waals surface area contributed by atoms with Gasteiger partial charge >= 0.3 is 0 Å². The summed E-state index contributed by atoms with van der Waals surface area (Å²) in [5.74, 6) is 1.12. The van der Waals surface area contributed by atoms with Gasteiger partial charge in [0.25, 0.3) is 0 Å². The smallest absolute Gasteiger partial charge is 0.222 e. The van der Waals surface area contributed by atoms with Gasteiger partial charge in [-0.15, -0.1) is 0 Å². The molecular weight excluding hydrogens is 306 g/mol. The molecule has 3 N–H and O–H groups in total. The molecule has 3 rings (SSSR count). The van der Waals surface area contributed by atoms with Crippen LogP contribution in [0.4, 0.5) is 11.8 Å². The zero-order chi connectivity index (χ0) is 16.9. The van der Waals surface area contributed by atoms with Crippen molar-refractivity contribution in [3.8, 4) is 17.0 Å². The molecule has 0 radical (unpaired) electrons. The van der Waals surface area contributed by atoms with Crippen LogP contribution >= 0.6 is 0 Å². The average Bonchev–Trinajstić information content (AvgIpc) is 2.60. The van der Waals surface area contributed by atoms with E-state index in [1.165, 1.54) is 0 Å². The maximum absolute atomic E-state index is 10.0. The Morgan fingerprint density at radius 2 is 2.00 bits per heavy atom. The minimum Gasteiger partial charge on any atom is -0.507 e. The molecule has 0 unspecified atom stereocenters. The van der Waals surface area contributed by atoms with E-state index in [1.54, 1.807) is 12.1 Å². The van der Waals surface area contributed by atoms with Crippen LogP contribution in [0.2, 0.25) is 0 Å². The normalized spacial score (nSPS) is 15.4. The largest absolute Gasteiger partial charge is 0.507 e. The summed E-state index contributed by atoms with van der Waals surface area (Å²) in [5, 5.41) is 10.0. The molecule has 0 spiro atoms. The molecule has 0 aliphatic carbocycles. The molecule has 1 aliphatic rings. The molecule has 2 aromatic rings. The van der Waals surface area contributed by atoms with E-state index in [4.69, 9.17) is 10.5 Å². The summed E-state index contributed by atoms with van der Waals surface area (Å²) in [4.78, 5) is 13.0. The Labute approximate surface area is 141 Å². The average molecular weight is 329 g/mol. The number of para-hydroxylation sites is 1. The second-order valence-electron chi connectivity index (χ2n) is 5.86. The van der Waals surface area contributed by atoms with Gasteiger partial charge in [-0.25, -0.2) is 4.98 Å². The molecule has 7 heteroatoms. The summed E-state index contributed by atoms with van der Waals surface area (Å²) >= 11 is 0. The number of anilines is 2. The number of benzene rings is 1. The van der Waals surface area contributed by atoms with Crippen molar-refractivity contribution >= 4 is 11.8 Å². The van der Waals surface area contributed by atoms with Gasteiger partial charge in [0, 0.05) is 44.9 Å². The summed E-state index contributed by atoms with van der Waals surface area (Å²) in [7, 11) is 1.98. The Hall–Kier alpha value is -2.38. The summed E-state index contributed by atoms with van der Waals surface area (Å²) in [6.45, 7) is 5.28. The Balaban J connectivity index is 1.74. The van der Waals surface area contributed by atoms with Crippen LogP contribution in [0.25, 0.3) is 11.3 Å². The number of ether oxygens (including phenoxy) is 1. The highest BCUT2D eigenvalue weighted by Crippen LogP contribution is 2.29. The number of nitrogens with zero attached hydrogens (tertiary/aromatic N) is 4. The lowest BCUT2D eigenvalue weighted by molar-refractivity contribution is 0.0393. The van der Waals surface area contributed by atoms with Crippen molar-refractivity contribution in [3.63, 3.8) is 0 Å². The van der Waals surface area contributed by atoms with Gasteiger partial charge in [0.2, 0.25) is 5.95 Å². The molecule has 24 heavy (non-hydrogen) atoms. The highest BCUT2D eigenvalue weighted by atomic mass is 16.5. The number of hydrogen-bond acceptors (Lipinski definition) is 7. The number of aromatic nitrogens is 2. The van der Waals surface area contributed by atoms with E-state index in [9.17, 15) is 5.11 Å². The lowest BCUT2D eigenvalue weighted by Gasteiger charge is -2.29. The van der Waals surface area contributed by atoms with Crippen LogP contribution in [0.15, 0.2) is 30.3 Å². The predicted molar refractivity (Wildman–Crippen MR) is 94.1 cm³/mol.